The molecule has 3 aliphatic rings. The number of ketones is 1. The molecule has 3 rings (SSSR count). The molecule has 2 atom stereocenters. The van der Waals surface area contributed by atoms with Crippen LogP contribution in [-0.2, 0) is 4.79 Å². The van der Waals surface area contributed by atoms with Gasteiger partial charge in [-0.2, -0.15) is 0 Å². The van der Waals surface area contributed by atoms with Crippen molar-refractivity contribution in [3.05, 3.63) is 0 Å². The van der Waals surface area contributed by atoms with Gasteiger partial charge in [0.05, 0.1) is 0 Å². The van der Waals surface area contributed by atoms with Gasteiger partial charge >= 0.3 is 0 Å². The quantitative estimate of drug-likeness (QED) is 0.705. The number of carbonyl (C=O) groups is 1. The Labute approximate surface area is 124 Å². The van der Waals surface area contributed by atoms with Gasteiger partial charge in [-0.15, -0.1) is 0 Å². The maximum Gasteiger partial charge on any atom is 0.136 e. The van der Waals surface area contributed by atoms with Gasteiger partial charge in [0, 0.05) is 31.0 Å². The molecular formula is C18H31NO. The molecule has 0 N–H and O–H groups in total. The van der Waals surface area contributed by atoms with Crippen molar-refractivity contribution >= 4 is 5.78 Å². The molecule has 2 saturated heterocycles. The zero-order valence-corrected chi connectivity index (χ0v) is 13.0. The number of hydrogen-bond acceptors (Lipinski definition) is 2. The standard InChI is InChI=1S/C18H31NO/c20-18-13-16-11-8-12-17(14-18)19(16)15-9-6-4-2-1-3-5-7-10-15/h15-17H,1-14H2/t16-,17+. The van der Waals surface area contributed by atoms with E-state index in [1.165, 1.54) is 77.0 Å². The van der Waals surface area contributed by atoms with E-state index in [0.29, 0.717) is 17.9 Å². The number of piperidine rings is 2. The minimum atomic E-state index is 0.538. The van der Waals surface area contributed by atoms with Crippen molar-refractivity contribution in [1.82, 2.24) is 4.90 Å². The molecule has 1 saturated carbocycles. The van der Waals surface area contributed by atoms with Crippen LogP contribution in [0.4, 0.5) is 0 Å². The predicted octanol–water partition coefficient (Wildman–Crippen LogP) is 4.47. The van der Waals surface area contributed by atoms with Gasteiger partial charge in [-0.25, -0.2) is 0 Å². The number of Topliss-reactive ketones (excluding diaryl/α,β-unsaturated/α-hetero) is 1. The molecule has 2 nitrogen and oxygen atoms in total. The lowest BCUT2D eigenvalue weighted by atomic mass is 9.81. The maximum absolute atomic E-state index is 11.9. The molecule has 0 amide bonds. The summed E-state index contributed by atoms with van der Waals surface area (Å²) < 4.78 is 0. The topological polar surface area (TPSA) is 20.3 Å². The Morgan fingerprint density at radius 2 is 1.05 bits per heavy atom. The first-order valence-corrected chi connectivity index (χ1v) is 9.14. The molecule has 3 fully saturated rings. The highest BCUT2D eigenvalue weighted by molar-refractivity contribution is 5.80. The highest BCUT2D eigenvalue weighted by Crippen LogP contribution is 2.36. The zero-order chi connectivity index (χ0) is 13.8. The molecule has 1 aliphatic carbocycles. The minimum Gasteiger partial charge on any atom is -0.300 e. The lowest BCUT2D eigenvalue weighted by molar-refractivity contribution is -0.129. The van der Waals surface area contributed by atoms with Crippen LogP contribution in [0.5, 0.6) is 0 Å². The van der Waals surface area contributed by atoms with Crippen molar-refractivity contribution in [2.24, 2.45) is 0 Å². The first-order valence-electron chi connectivity index (χ1n) is 9.14. The normalized spacial score (nSPS) is 34.9. The average Bonchev–Trinajstić information content (AvgIpc) is 2.44. The second-order valence-electron chi connectivity index (χ2n) is 7.34. The summed E-state index contributed by atoms with van der Waals surface area (Å²) in [5.74, 6) is 0.538. The third-order valence-electron chi connectivity index (χ3n) is 5.84. The van der Waals surface area contributed by atoms with Gasteiger partial charge < -0.3 is 0 Å². The highest BCUT2D eigenvalue weighted by atomic mass is 16.1. The van der Waals surface area contributed by atoms with E-state index in [0.717, 1.165) is 18.9 Å². The third-order valence-corrected chi connectivity index (χ3v) is 5.84. The SMILES string of the molecule is O=C1C[C@H]2CCC[C@@H](C1)N2C1CCCCCCCCC1. The smallest absolute Gasteiger partial charge is 0.136 e. The molecule has 0 aromatic carbocycles. The Bertz CT molecular complexity index is 301. The molecule has 0 radical (unpaired) electrons. The predicted molar refractivity (Wildman–Crippen MR) is 82.8 cm³/mol. The molecule has 2 heterocycles. The van der Waals surface area contributed by atoms with Crippen molar-refractivity contribution in [2.75, 3.05) is 0 Å². The van der Waals surface area contributed by atoms with E-state index in [1.54, 1.807) is 0 Å². The lowest BCUT2D eigenvalue weighted by Gasteiger charge is -2.50. The van der Waals surface area contributed by atoms with E-state index in [9.17, 15) is 4.79 Å². The number of hydrogen-bond donors (Lipinski definition) is 0. The molecule has 2 heteroatoms. The number of nitrogens with zero attached hydrogens (tertiary/aromatic N) is 1. The fraction of sp³-hybridized carbons (Fsp3) is 0.944. The summed E-state index contributed by atoms with van der Waals surface area (Å²) in [5.41, 5.74) is 0. The van der Waals surface area contributed by atoms with E-state index in [2.05, 4.69) is 4.90 Å². The van der Waals surface area contributed by atoms with Crippen LogP contribution in [-0.4, -0.2) is 28.8 Å². The summed E-state index contributed by atoms with van der Waals surface area (Å²) in [6.07, 6.45) is 18.4. The second-order valence-corrected chi connectivity index (χ2v) is 7.34. The zero-order valence-electron chi connectivity index (χ0n) is 13.0. The first-order chi connectivity index (χ1) is 9.84. The Morgan fingerprint density at radius 3 is 1.60 bits per heavy atom. The highest BCUT2D eigenvalue weighted by Gasteiger charge is 2.40. The van der Waals surface area contributed by atoms with Gasteiger partial charge in [0.15, 0.2) is 0 Å². The summed E-state index contributed by atoms with van der Waals surface area (Å²) >= 11 is 0. The third kappa shape index (κ3) is 3.44. The molecule has 114 valence electrons. The molecule has 2 aliphatic heterocycles. The molecule has 20 heavy (non-hydrogen) atoms. The molecule has 2 bridgehead atoms. The summed E-state index contributed by atoms with van der Waals surface area (Å²) in [7, 11) is 0. The Kier molecular flexibility index (Phi) is 5.14. The van der Waals surface area contributed by atoms with Crippen molar-refractivity contribution in [2.45, 2.75) is 108 Å². The van der Waals surface area contributed by atoms with Crippen LogP contribution in [0, 0.1) is 0 Å². The van der Waals surface area contributed by atoms with Crippen LogP contribution in [0.15, 0.2) is 0 Å². The van der Waals surface area contributed by atoms with Gasteiger partial charge in [-0.1, -0.05) is 51.4 Å². The second kappa shape index (κ2) is 7.06. The van der Waals surface area contributed by atoms with Crippen molar-refractivity contribution in [3.63, 3.8) is 0 Å². The maximum atomic E-state index is 11.9. The summed E-state index contributed by atoms with van der Waals surface area (Å²) in [4.78, 5) is 14.7. The molecule has 0 aromatic heterocycles. The van der Waals surface area contributed by atoms with Gasteiger partial charge in [-0.3, -0.25) is 9.69 Å². The van der Waals surface area contributed by atoms with Crippen LogP contribution in [0.3, 0.4) is 0 Å². The van der Waals surface area contributed by atoms with Crippen molar-refractivity contribution in [3.8, 4) is 0 Å². The van der Waals surface area contributed by atoms with Crippen molar-refractivity contribution < 1.29 is 4.79 Å². The largest absolute Gasteiger partial charge is 0.300 e. The Hall–Kier alpha value is -0.370. The van der Waals surface area contributed by atoms with Crippen LogP contribution in [0.2, 0.25) is 0 Å². The Morgan fingerprint density at radius 1 is 0.600 bits per heavy atom. The fourth-order valence-corrected chi connectivity index (χ4v) is 4.89. The van der Waals surface area contributed by atoms with Gasteiger partial charge in [-0.05, 0) is 25.7 Å². The Balaban J connectivity index is 1.66. The van der Waals surface area contributed by atoms with Crippen LogP contribution < -0.4 is 0 Å². The molecule has 0 aromatic rings. The van der Waals surface area contributed by atoms with E-state index < -0.39 is 0 Å². The molecular weight excluding hydrogens is 246 g/mol. The monoisotopic (exact) mass is 277 g/mol. The minimum absolute atomic E-state index is 0.538. The van der Waals surface area contributed by atoms with Gasteiger partial charge in [0.25, 0.3) is 0 Å². The van der Waals surface area contributed by atoms with Crippen LogP contribution >= 0.6 is 0 Å². The molecule has 0 spiro atoms. The number of fused-ring (bicyclic) bond motifs is 2. The van der Waals surface area contributed by atoms with E-state index in [1.807, 2.05) is 0 Å². The van der Waals surface area contributed by atoms with Gasteiger partial charge in [0.1, 0.15) is 5.78 Å². The van der Waals surface area contributed by atoms with E-state index >= 15 is 0 Å². The summed E-state index contributed by atoms with van der Waals surface area (Å²) in [5, 5.41) is 0. The fourth-order valence-electron chi connectivity index (χ4n) is 4.89. The summed E-state index contributed by atoms with van der Waals surface area (Å²) in [6.45, 7) is 0. The van der Waals surface area contributed by atoms with E-state index in [-0.39, 0.29) is 0 Å². The first kappa shape index (κ1) is 14.6. The lowest BCUT2D eigenvalue weighted by Crippen LogP contribution is -2.56. The number of rotatable bonds is 1. The number of carbonyl (C=O) groups excluding carboxylic acids is 1. The molecule has 0 unspecified atom stereocenters. The summed E-state index contributed by atoms with van der Waals surface area (Å²) in [6, 6.07) is 1.99. The van der Waals surface area contributed by atoms with Gasteiger partial charge in [0.2, 0.25) is 0 Å². The van der Waals surface area contributed by atoms with Crippen LogP contribution in [0.1, 0.15) is 89.9 Å². The average molecular weight is 277 g/mol. The van der Waals surface area contributed by atoms with Crippen LogP contribution in [0.25, 0.3) is 0 Å². The van der Waals surface area contributed by atoms with E-state index in [4.69, 9.17) is 0 Å². The van der Waals surface area contributed by atoms with Crippen molar-refractivity contribution in [1.29, 1.82) is 0 Å².